The molecule has 0 unspecified atom stereocenters. The van der Waals surface area contributed by atoms with Crippen LogP contribution in [0.1, 0.15) is 31.9 Å². The molecular weight excluding hydrogens is 378 g/mol. The second-order valence-corrected chi connectivity index (χ2v) is 7.73. The highest BCUT2D eigenvalue weighted by Gasteiger charge is 2.14. The van der Waals surface area contributed by atoms with Gasteiger partial charge < -0.3 is 10.1 Å². The van der Waals surface area contributed by atoms with Crippen LogP contribution in [0.2, 0.25) is 0 Å². The van der Waals surface area contributed by atoms with Gasteiger partial charge in [-0.25, -0.2) is 0 Å². The zero-order valence-corrected chi connectivity index (χ0v) is 17.1. The zero-order chi connectivity index (χ0) is 20.9. The highest BCUT2D eigenvalue weighted by Crippen LogP contribution is 2.24. The van der Waals surface area contributed by atoms with Crippen molar-refractivity contribution in [3.05, 3.63) is 63.7 Å². The van der Waals surface area contributed by atoms with E-state index in [2.05, 4.69) is 31.4 Å². The predicted octanol–water partition coefficient (Wildman–Crippen LogP) is 4.09. The van der Waals surface area contributed by atoms with Gasteiger partial charge in [0.1, 0.15) is 5.75 Å². The lowest BCUT2D eigenvalue weighted by Gasteiger charge is -2.19. The number of hydrogen-bond acceptors (Lipinski definition) is 5. The molecule has 0 radical (unpaired) electrons. The van der Waals surface area contributed by atoms with E-state index in [0.717, 1.165) is 5.56 Å². The molecule has 28 heavy (non-hydrogen) atoms. The first-order chi connectivity index (χ1) is 13.1. The van der Waals surface area contributed by atoms with Crippen molar-refractivity contribution in [2.75, 3.05) is 11.9 Å². The van der Waals surface area contributed by atoms with Gasteiger partial charge in [0.05, 0.1) is 4.92 Å². The summed E-state index contributed by atoms with van der Waals surface area (Å²) in [6.45, 7) is 7.93. The van der Waals surface area contributed by atoms with E-state index in [1.165, 1.54) is 17.7 Å². The molecule has 0 saturated carbocycles. The Bertz CT molecular complexity index is 889. The zero-order valence-electron chi connectivity index (χ0n) is 16.2. The number of non-ortho nitro benzene ring substituents is 1. The number of nitro groups is 1. The maximum Gasteiger partial charge on any atom is 0.271 e. The van der Waals surface area contributed by atoms with Crippen LogP contribution in [0.3, 0.4) is 0 Å². The van der Waals surface area contributed by atoms with E-state index in [1.807, 2.05) is 24.3 Å². The molecule has 0 bridgehead atoms. The number of carbonyl (C=O) groups is 1. The minimum Gasteiger partial charge on any atom is -0.484 e. The summed E-state index contributed by atoms with van der Waals surface area (Å²) in [5.41, 5.74) is 2.36. The number of thiocarbonyl (C=S) groups is 1. The molecule has 148 valence electrons. The van der Waals surface area contributed by atoms with E-state index >= 15 is 0 Å². The lowest BCUT2D eigenvalue weighted by atomic mass is 9.87. The Morgan fingerprint density at radius 1 is 1.18 bits per heavy atom. The van der Waals surface area contributed by atoms with E-state index in [9.17, 15) is 14.9 Å². The summed E-state index contributed by atoms with van der Waals surface area (Å²) >= 11 is 5.10. The molecule has 2 aromatic carbocycles. The molecule has 2 rings (SSSR count). The summed E-state index contributed by atoms with van der Waals surface area (Å²) in [4.78, 5) is 22.4. The predicted molar refractivity (Wildman–Crippen MR) is 113 cm³/mol. The van der Waals surface area contributed by atoms with E-state index in [-0.39, 0.29) is 22.8 Å². The molecule has 0 aliphatic heterocycles. The molecule has 2 N–H and O–H groups in total. The van der Waals surface area contributed by atoms with Crippen molar-refractivity contribution in [2.24, 2.45) is 0 Å². The summed E-state index contributed by atoms with van der Waals surface area (Å²) in [7, 11) is 0. The average Bonchev–Trinajstić information content (AvgIpc) is 2.61. The van der Waals surface area contributed by atoms with Crippen molar-refractivity contribution in [3.8, 4) is 5.75 Å². The minimum atomic E-state index is -0.495. The lowest BCUT2D eigenvalue weighted by molar-refractivity contribution is -0.384. The second kappa shape index (κ2) is 8.79. The average molecular weight is 401 g/mol. The van der Waals surface area contributed by atoms with Crippen molar-refractivity contribution in [1.82, 2.24) is 5.32 Å². The summed E-state index contributed by atoms with van der Waals surface area (Å²) in [6, 6.07) is 11.9. The Balaban J connectivity index is 1.88. The van der Waals surface area contributed by atoms with Gasteiger partial charge in [-0.1, -0.05) is 39.0 Å². The number of hydrogen-bond donors (Lipinski definition) is 2. The van der Waals surface area contributed by atoms with Gasteiger partial charge in [-0.2, -0.15) is 0 Å². The van der Waals surface area contributed by atoms with Crippen LogP contribution in [-0.2, 0) is 10.2 Å². The molecule has 0 saturated heterocycles. The Kier molecular flexibility index (Phi) is 6.69. The number of amides is 1. The van der Waals surface area contributed by atoms with Gasteiger partial charge in [-0.3, -0.25) is 20.2 Å². The maximum absolute atomic E-state index is 12.0. The monoisotopic (exact) mass is 401 g/mol. The molecule has 0 fully saturated rings. The van der Waals surface area contributed by atoms with E-state index in [1.54, 1.807) is 13.0 Å². The number of carbonyl (C=O) groups excluding carboxylic acids is 1. The van der Waals surface area contributed by atoms with E-state index in [4.69, 9.17) is 17.0 Å². The molecule has 0 aromatic heterocycles. The van der Waals surface area contributed by atoms with Crippen molar-refractivity contribution in [3.63, 3.8) is 0 Å². The van der Waals surface area contributed by atoms with Crippen LogP contribution in [0.15, 0.2) is 42.5 Å². The number of nitro benzene ring substituents is 1. The fourth-order valence-corrected chi connectivity index (χ4v) is 2.60. The van der Waals surface area contributed by atoms with Crippen molar-refractivity contribution < 1.29 is 14.5 Å². The van der Waals surface area contributed by atoms with Gasteiger partial charge in [0.25, 0.3) is 11.6 Å². The third-order valence-electron chi connectivity index (χ3n) is 4.02. The van der Waals surface area contributed by atoms with Gasteiger partial charge in [-0.05, 0) is 47.8 Å². The molecular formula is C20H23N3O4S. The van der Waals surface area contributed by atoms with E-state index in [0.29, 0.717) is 11.4 Å². The molecule has 8 heteroatoms. The number of nitrogens with zero attached hydrogens (tertiary/aromatic N) is 1. The summed E-state index contributed by atoms with van der Waals surface area (Å²) in [6.07, 6.45) is 0. The molecule has 2 aromatic rings. The van der Waals surface area contributed by atoms with Crippen LogP contribution in [0.25, 0.3) is 0 Å². The number of benzene rings is 2. The SMILES string of the molecule is Cc1ccc([N+](=O)[O-])cc1NC(=S)NC(=O)COc1ccc(C(C)(C)C)cc1. The number of ether oxygens (including phenoxy) is 1. The van der Waals surface area contributed by atoms with Gasteiger partial charge in [0.15, 0.2) is 11.7 Å². The van der Waals surface area contributed by atoms with Crippen molar-refractivity contribution >= 4 is 34.6 Å². The molecule has 1 amide bonds. The minimum absolute atomic E-state index is 0.0401. The van der Waals surface area contributed by atoms with Gasteiger partial charge >= 0.3 is 0 Å². The summed E-state index contributed by atoms with van der Waals surface area (Å²) < 4.78 is 5.47. The summed E-state index contributed by atoms with van der Waals surface area (Å²) in [5.74, 6) is 0.150. The van der Waals surface area contributed by atoms with Crippen LogP contribution >= 0.6 is 12.2 Å². The number of aryl methyl sites for hydroxylation is 1. The highest BCUT2D eigenvalue weighted by molar-refractivity contribution is 7.80. The Morgan fingerprint density at radius 3 is 2.39 bits per heavy atom. The second-order valence-electron chi connectivity index (χ2n) is 7.32. The topological polar surface area (TPSA) is 93.5 Å². The third-order valence-corrected chi connectivity index (χ3v) is 4.23. The molecule has 0 heterocycles. The first-order valence-electron chi connectivity index (χ1n) is 8.65. The fourth-order valence-electron chi connectivity index (χ4n) is 2.37. The first-order valence-corrected chi connectivity index (χ1v) is 9.06. The van der Waals surface area contributed by atoms with Crippen LogP contribution in [0, 0.1) is 17.0 Å². The number of rotatable bonds is 5. The fraction of sp³-hybridized carbons (Fsp3) is 0.300. The van der Waals surface area contributed by atoms with E-state index < -0.39 is 10.8 Å². The highest BCUT2D eigenvalue weighted by atomic mass is 32.1. The van der Waals surface area contributed by atoms with Gasteiger partial charge in [-0.15, -0.1) is 0 Å². The van der Waals surface area contributed by atoms with Gasteiger partial charge in [0, 0.05) is 17.8 Å². The molecule has 0 aliphatic rings. The summed E-state index contributed by atoms with van der Waals surface area (Å²) in [5, 5.41) is 16.2. The van der Waals surface area contributed by atoms with Gasteiger partial charge in [0.2, 0.25) is 0 Å². The molecule has 0 atom stereocenters. The standard InChI is InChI=1S/C20H23N3O4S/c1-13-5-8-15(23(25)26)11-17(13)21-19(28)22-18(24)12-27-16-9-6-14(7-10-16)20(2,3)4/h5-11H,12H2,1-4H3,(H2,21,22,24,28). The van der Waals surface area contributed by atoms with Crippen LogP contribution < -0.4 is 15.4 Å². The Labute approximate surface area is 169 Å². The number of nitrogens with one attached hydrogen (secondary N) is 2. The van der Waals surface area contributed by atoms with Crippen LogP contribution in [0.4, 0.5) is 11.4 Å². The normalized spacial score (nSPS) is 10.9. The first kappa shape index (κ1) is 21.3. The third kappa shape index (κ3) is 6.02. The Morgan fingerprint density at radius 2 is 1.82 bits per heavy atom. The quantitative estimate of drug-likeness (QED) is 0.445. The number of anilines is 1. The van der Waals surface area contributed by atoms with Crippen molar-refractivity contribution in [1.29, 1.82) is 0 Å². The molecule has 7 nitrogen and oxygen atoms in total. The molecule has 0 aliphatic carbocycles. The Hall–Kier alpha value is -3.00. The molecule has 0 spiro atoms. The smallest absolute Gasteiger partial charge is 0.271 e. The maximum atomic E-state index is 12.0. The van der Waals surface area contributed by atoms with Crippen molar-refractivity contribution in [2.45, 2.75) is 33.1 Å². The largest absolute Gasteiger partial charge is 0.484 e. The van der Waals surface area contributed by atoms with Crippen LogP contribution in [0.5, 0.6) is 5.75 Å². The van der Waals surface area contributed by atoms with Crippen LogP contribution in [-0.4, -0.2) is 22.5 Å². The lowest BCUT2D eigenvalue weighted by Crippen LogP contribution is -2.37.